The van der Waals surface area contributed by atoms with E-state index in [4.69, 9.17) is 5.73 Å². The van der Waals surface area contributed by atoms with Gasteiger partial charge < -0.3 is 20.7 Å². The Balaban J connectivity index is 1.59. The summed E-state index contributed by atoms with van der Waals surface area (Å²) in [5.41, 5.74) is 8.74. The number of carbonyl (C=O) groups excluding carboxylic acids is 2. The van der Waals surface area contributed by atoms with Crippen molar-refractivity contribution in [1.82, 2.24) is 24.8 Å². The molecule has 0 saturated carbocycles. The molecule has 190 valence electrons. The lowest BCUT2D eigenvalue weighted by atomic mass is 9.80. The minimum atomic E-state index is -1.14. The van der Waals surface area contributed by atoms with Crippen LogP contribution in [0.2, 0.25) is 0 Å². The predicted molar refractivity (Wildman–Crippen MR) is 137 cm³/mol. The molecule has 10 nitrogen and oxygen atoms in total. The first-order valence-electron chi connectivity index (χ1n) is 12.0. The van der Waals surface area contributed by atoms with Crippen molar-refractivity contribution < 1.29 is 14.7 Å². The van der Waals surface area contributed by atoms with Gasteiger partial charge in [0.25, 0.3) is 5.91 Å². The highest BCUT2D eigenvalue weighted by atomic mass is 16.3. The maximum Gasteiger partial charge on any atom is 0.320 e. The molecule has 1 fully saturated rings. The number of hydrogen-bond acceptors (Lipinski definition) is 6. The summed E-state index contributed by atoms with van der Waals surface area (Å²) >= 11 is 0. The van der Waals surface area contributed by atoms with E-state index in [9.17, 15) is 14.7 Å². The van der Waals surface area contributed by atoms with Gasteiger partial charge in [-0.2, -0.15) is 0 Å². The zero-order valence-electron chi connectivity index (χ0n) is 21.0. The number of likely N-dealkylation sites (N-methyl/N-ethyl adjacent to an activating group) is 1. The fourth-order valence-corrected chi connectivity index (χ4v) is 4.72. The molecule has 4 N–H and O–H groups in total. The molecular weight excluding hydrogens is 458 g/mol. The van der Waals surface area contributed by atoms with E-state index in [2.05, 4.69) is 15.3 Å². The van der Waals surface area contributed by atoms with Crippen molar-refractivity contribution in [3.8, 4) is 0 Å². The van der Waals surface area contributed by atoms with Gasteiger partial charge in [0.1, 0.15) is 18.1 Å². The number of likely N-dealkylation sites (tertiary alicyclic amines) is 1. The average molecular weight is 492 g/mol. The second kappa shape index (κ2) is 10.4. The maximum absolute atomic E-state index is 13.7. The lowest BCUT2D eigenvalue weighted by molar-refractivity contribution is -0.164. The van der Waals surface area contributed by atoms with Gasteiger partial charge in [-0.25, -0.2) is 14.8 Å². The summed E-state index contributed by atoms with van der Waals surface area (Å²) in [6.45, 7) is 3.98. The second-order valence-corrected chi connectivity index (χ2v) is 9.28. The minimum Gasteiger partial charge on any atom is -0.384 e. The van der Waals surface area contributed by atoms with Gasteiger partial charge in [-0.1, -0.05) is 36.8 Å². The third-order valence-electron chi connectivity index (χ3n) is 6.79. The summed E-state index contributed by atoms with van der Waals surface area (Å²) in [6, 6.07) is 9.81. The van der Waals surface area contributed by atoms with E-state index in [0.29, 0.717) is 24.6 Å². The first-order chi connectivity index (χ1) is 17.2. The molecule has 4 rings (SSSR count). The number of pyridine rings is 1. The van der Waals surface area contributed by atoms with Crippen LogP contribution in [0.4, 0.5) is 16.6 Å². The van der Waals surface area contributed by atoms with Gasteiger partial charge in [0.15, 0.2) is 0 Å². The number of nitrogen functional groups attached to an aromatic ring is 1. The number of anilines is 2. The molecule has 3 heterocycles. The van der Waals surface area contributed by atoms with Crippen molar-refractivity contribution in [3.63, 3.8) is 0 Å². The molecule has 4 atom stereocenters. The number of rotatable bonds is 7. The van der Waals surface area contributed by atoms with Crippen LogP contribution in [0.15, 0.2) is 55.0 Å². The van der Waals surface area contributed by atoms with Crippen LogP contribution in [0.3, 0.4) is 0 Å². The predicted octanol–water partition coefficient (Wildman–Crippen LogP) is 2.39. The number of urea groups is 1. The maximum atomic E-state index is 13.7. The number of carbonyl (C=O) groups is 2. The molecule has 0 radical (unpaired) electrons. The van der Waals surface area contributed by atoms with E-state index in [1.54, 1.807) is 49.4 Å². The fourth-order valence-electron chi connectivity index (χ4n) is 4.72. The van der Waals surface area contributed by atoms with Crippen molar-refractivity contribution in [2.45, 2.75) is 45.0 Å². The van der Waals surface area contributed by atoms with Crippen molar-refractivity contribution in [3.05, 3.63) is 71.7 Å². The van der Waals surface area contributed by atoms with Gasteiger partial charge in [-0.05, 0) is 43.0 Å². The molecule has 3 amide bonds. The van der Waals surface area contributed by atoms with Crippen LogP contribution in [0.25, 0.3) is 0 Å². The van der Waals surface area contributed by atoms with Crippen LogP contribution in [0.5, 0.6) is 0 Å². The van der Waals surface area contributed by atoms with E-state index < -0.39 is 24.2 Å². The molecule has 0 aliphatic carbocycles. The third kappa shape index (κ3) is 4.90. The summed E-state index contributed by atoms with van der Waals surface area (Å²) in [4.78, 5) is 38.0. The van der Waals surface area contributed by atoms with Crippen molar-refractivity contribution in [2.75, 3.05) is 17.7 Å². The smallest absolute Gasteiger partial charge is 0.320 e. The lowest BCUT2D eigenvalue weighted by Gasteiger charge is -2.52. The summed E-state index contributed by atoms with van der Waals surface area (Å²) in [6.07, 6.45) is 4.80. The Kier molecular flexibility index (Phi) is 7.25. The highest BCUT2D eigenvalue weighted by molar-refractivity contribution is 5.99. The third-order valence-corrected chi connectivity index (χ3v) is 6.79. The van der Waals surface area contributed by atoms with E-state index in [-0.39, 0.29) is 11.9 Å². The van der Waals surface area contributed by atoms with E-state index in [1.165, 1.54) is 9.80 Å². The number of aromatic nitrogens is 3. The Labute approximate surface area is 210 Å². The molecule has 2 unspecified atom stereocenters. The van der Waals surface area contributed by atoms with Crippen LogP contribution >= 0.6 is 0 Å². The van der Waals surface area contributed by atoms with Gasteiger partial charge in [0.05, 0.1) is 6.04 Å². The molecule has 10 heteroatoms. The molecule has 36 heavy (non-hydrogen) atoms. The Bertz CT molecular complexity index is 1230. The van der Waals surface area contributed by atoms with Gasteiger partial charge in [0.2, 0.25) is 5.95 Å². The van der Waals surface area contributed by atoms with E-state index in [0.717, 1.165) is 16.7 Å². The van der Waals surface area contributed by atoms with Crippen molar-refractivity contribution in [2.24, 2.45) is 13.0 Å². The summed E-state index contributed by atoms with van der Waals surface area (Å²) in [5, 5.41) is 14.1. The number of aryl methyl sites for hydroxylation is 2. The Morgan fingerprint density at radius 2 is 1.92 bits per heavy atom. The standard InChI is InChI=1S/C26H33N7O3/c1-5-20(18-8-6-16(2)7-9-18)30-26(36)33-22(24(35)32(4)25-29-12-13-31(25)3)19(23(33)34)14-17-10-11-28-21(27)15-17/h6-13,15,19-20,22-23,34H,5,14H2,1-4H3,(H2,27,28)(H,30,36)/t19-,20?,22+,23?/m1/s1. The van der Waals surface area contributed by atoms with E-state index >= 15 is 0 Å². The van der Waals surface area contributed by atoms with Crippen LogP contribution in [-0.4, -0.2) is 55.8 Å². The SMILES string of the molecule is CCC(NC(=O)N1C(O)[C@H](Cc2ccnc(N)c2)[C@H]1C(=O)N(C)c1nccn1C)c1ccc(C)cc1. The Hall–Kier alpha value is -3.92. The molecule has 1 aliphatic rings. The lowest BCUT2D eigenvalue weighted by Crippen LogP contribution is -2.72. The highest BCUT2D eigenvalue weighted by Gasteiger charge is 2.55. The molecule has 1 saturated heterocycles. The molecule has 2 aromatic heterocycles. The molecule has 1 aromatic carbocycles. The first-order valence-corrected chi connectivity index (χ1v) is 12.0. The summed E-state index contributed by atoms with van der Waals surface area (Å²) in [7, 11) is 3.41. The normalized spacial score (nSPS) is 19.9. The fraction of sp³-hybridized carbons (Fsp3) is 0.385. The quantitative estimate of drug-likeness (QED) is 0.465. The topological polar surface area (TPSA) is 130 Å². The number of aliphatic hydroxyl groups is 1. The summed E-state index contributed by atoms with van der Waals surface area (Å²) in [5.74, 6) is -0.0556. The average Bonchev–Trinajstić information content (AvgIpc) is 3.29. The van der Waals surface area contributed by atoms with E-state index in [1.807, 2.05) is 38.1 Å². The number of amides is 3. The summed E-state index contributed by atoms with van der Waals surface area (Å²) < 4.78 is 1.72. The Morgan fingerprint density at radius 1 is 1.19 bits per heavy atom. The number of imidazole rings is 1. The van der Waals surface area contributed by atoms with Crippen LogP contribution < -0.4 is 16.0 Å². The van der Waals surface area contributed by atoms with Gasteiger partial charge in [-0.3, -0.25) is 14.6 Å². The first kappa shape index (κ1) is 25.2. The van der Waals surface area contributed by atoms with Crippen LogP contribution in [-0.2, 0) is 18.3 Å². The number of benzene rings is 1. The second-order valence-electron chi connectivity index (χ2n) is 9.28. The molecule has 3 aromatic rings. The number of nitrogens with one attached hydrogen (secondary N) is 1. The molecular formula is C26H33N7O3. The zero-order valence-corrected chi connectivity index (χ0v) is 21.0. The molecule has 1 aliphatic heterocycles. The number of nitrogens with two attached hydrogens (primary N) is 1. The monoisotopic (exact) mass is 491 g/mol. The zero-order chi connectivity index (χ0) is 26.0. The van der Waals surface area contributed by atoms with Crippen LogP contribution in [0.1, 0.15) is 36.1 Å². The highest BCUT2D eigenvalue weighted by Crippen LogP contribution is 2.36. The molecule has 0 bridgehead atoms. The molecule has 0 spiro atoms. The number of hydrogen-bond donors (Lipinski definition) is 3. The van der Waals surface area contributed by atoms with Crippen LogP contribution in [0, 0.1) is 12.8 Å². The van der Waals surface area contributed by atoms with Gasteiger partial charge in [0, 0.05) is 38.6 Å². The van der Waals surface area contributed by atoms with Crippen molar-refractivity contribution in [1.29, 1.82) is 0 Å². The Morgan fingerprint density at radius 3 is 2.53 bits per heavy atom. The van der Waals surface area contributed by atoms with Gasteiger partial charge >= 0.3 is 6.03 Å². The number of aliphatic hydroxyl groups excluding tert-OH is 1. The van der Waals surface area contributed by atoms with Gasteiger partial charge in [-0.15, -0.1) is 0 Å². The largest absolute Gasteiger partial charge is 0.384 e. The number of nitrogens with zero attached hydrogens (tertiary/aromatic N) is 5. The minimum absolute atomic E-state index is 0.257. The van der Waals surface area contributed by atoms with Crippen molar-refractivity contribution >= 4 is 23.7 Å².